The van der Waals surface area contributed by atoms with Gasteiger partial charge in [-0.2, -0.15) is 0 Å². The molecular formula is C12H15ClN4O4. The molecule has 0 aliphatic heterocycles. The minimum Gasteiger partial charge on any atom is -0.461 e. The molecule has 2 heterocycles. The first-order chi connectivity index (χ1) is 9.99. The number of hydrogen-bond acceptors (Lipinski definition) is 6. The molecule has 0 aliphatic rings. The van der Waals surface area contributed by atoms with Crippen LogP contribution in [0.1, 0.15) is 17.4 Å². The van der Waals surface area contributed by atoms with Crippen molar-refractivity contribution in [2.45, 2.75) is 19.6 Å². The number of aromatic nitrogens is 3. The molecule has 0 amide bonds. The van der Waals surface area contributed by atoms with Gasteiger partial charge in [0.1, 0.15) is 5.15 Å². The summed E-state index contributed by atoms with van der Waals surface area (Å²) in [4.78, 5) is 28.3. The second-order valence-electron chi connectivity index (χ2n) is 4.32. The Kier molecular flexibility index (Phi) is 4.61. The van der Waals surface area contributed by atoms with Crippen molar-refractivity contribution in [3.8, 4) is 0 Å². The molecule has 1 atom stereocenters. The number of halogens is 1. The van der Waals surface area contributed by atoms with E-state index in [4.69, 9.17) is 22.1 Å². The number of carbonyl (C=O) groups is 1. The highest BCUT2D eigenvalue weighted by Gasteiger charge is 2.23. The maximum atomic E-state index is 12.3. The third kappa shape index (κ3) is 2.92. The van der Waals surface area contributed by atoms with Gasteiger partial charge in [0.05, 0.1) is 37.2 Å². The number of nitrogens with two attached hydrogens (primary N) is 1. The molecule has 1 unspecified atom stereocenters. The van der Waals surface area contributed by atoms with Gasteiger partial charge in [0.25, 0.3) is 0 Å². The molecule has 0 aromatic carbocycles. The number of aliphatic hydroxyl groups excluding tert-OH is 1. The van der Waals surface area contributed by atoms with Crippen LogP contribution in [0.15, 0.2) is 17.2 Å². The van der Waals surface area contributed by atoms with Crippen molar-refractivity contribution < 1.29 is 14.6 Å². The molecule has 0 spiro atoms. The molecule has 2 aromatic heterocycles. The first kappa shape index (κ1) is 15.5. The van der Waals surface area contributed by atoms with Crippen LogP contribution in [0.4, 0.5) is 0 Å². The van der Waals surface area contributed by atoms with Crippen molar-refractivity contribution in [3.63, 3.8) is 0 Å². The van der Waals surface area contributed by atoms with Crippen LogP contribution in [0.3, 0.4) is 0 Å². The summed E-state index contributed by atoms with van der Waals surface area (Å²) < 4.78 is 7.25. The van der Waals surface area contributed by atoms with Crippen molar-refractivity contribution >= 4 is 23.1 Å². The fourth-order valence-electron chi connectivity index (χ4n) is 1.96. The predicted octanol–water partition coefficient (Wildman–Crippen LogP) is -0.354. The average molecular weight is 315 g/mol. The normalized spacial score (nSPS) is 12.6. The van der Waals surface area contributed by atoms with E-state index in [1.807, 2.05) is 0 Å². The molecule has 0 radical (unpaired) electrons. The van der Waals surface area contributed by atoms with E-state index in [-0.39, 0.29) is 36.1 Å². The van der Waals surface area contributed by atoms with Crippen LogP contribution < -0.4 is 11.4 Å². The molecule has 114 valence electrons. The lowest BCUT2D eigenvalue weighted by molar-refractivity contribution is 0.0511. The van der Waals surface area contributed by atoms with Crippen LogP contribution in [0.2, 0.25) is 5.15 Å². The number of aliphatic hydroxyl groups is 1. The number of ether oxygens (including phenoxy) is 1. The van der Waals surface area contributed by atoms with Crippen LogP contribution in [0, 0.1) is 0 Å². The average Bonchev–Trinajstić information content (AvgIpc) is 2.72. The van der Waals surface area contributed by atoms with Crippen LogP contribution in [0.25, 0.3) is 5.52 Å². The molecule has 0 aliphatic carbocycles. The van der Waals surface area contributed by atoms with E-state index in [0.717, 1.165) is 4.57 Å². The van der Waals surface area contributed by atoms with Gasteiger partial charge in [-0.25, -0.2) is 14.6 Å². The van der Waals surface area contributed by atoms with Gasteiger partial charge in [0.2, 0.25) is 0 Å². The minimum atomic E-state index is -0.961. The predicted molar refractivity (Wildman–Crippen MR) is 75.5 cm³/mol. The van der Waals surface area contributed by atoms with Crippen molar-refractivity contribution in [2.24, 2.45) is 5.73 Å². The van der Waals surface area contributed by atoms with Gasteiger partial charge in [0.15, 0.2) is 5.69 Å². The van der Waals surface area contributed by atoms with Crippen LogP contribution in [-0.2, 0) is 11.3 Å². The number of imidazole rings is 1. The Labute approximate surface area is 124 Å². The molecule has 0 bridgehead atoms. The Balaban J connectivity index is 2.68. The van der Waals surface area contributed by atoms with E-state index in [1.54, 1.807) is 6.92 Å². The smallest absolute Gasteiger partial charge is 0.357 e. The second-order valence-corrected chi connectivity index (χ2v) is 4.70. The minimum absolute atomic E-state index is 0.0125. The molecule has 0 saturated carbocycles. The molecule has 0 saturated heterocycles. The van der Waals surface area contributed by atoms with E-state index in [1.165, 1.54) is 16.8 Å². The van der Waals surface area contributed by atoms with Crippen molar-refractivity contribution in [2.75, 3.05) is 13.2 Å². The number of rotatable bonds is 5. The van der Waals surface area contributed by atoms with Gasteiger partial charge >= 0.3 is 11.7 Å². The van der Waals surface area contributed by atoms with Gasteiger partial charge < -0.3 is 15.6 Å². The van der Waals surface area contributed by atoms with Crippen LogP contribution in [-0.4, -0.2) is 44.3 Å². The number of hydrogen-bond donors (Lipinski definition) is 2. The number of fused-ring (bicyclic) bond motifs is 1. The summed E-state index contributed by atoms with van der Waals surface area (Å²) in [6.45, 7) is 1.65. The summed E-state index contributed by atoms with van der Waals surface area (Å²) in [6.07, 6.45) is 1.64. The van der Waals surface area contributed by atoms with E-state index < -0.39 is 17.8 Å². The fourth-order valence-corrected chi connectivity index (χ4v) is 2.11. The monoisotopic (exact) mass is 314 g/mol. The lowest BCUT2D eigenvalue weighted by atomic mass is 10.3. The highest BCUT2D eigenvalue weighted by Crippen LogP contribution is 2.14. The Hall–Kier alpha value is -1.90. The van der Waals surface area contributed by atoms with Crippen molar-refractivity contribution in [3.05, 3.63) is 33.7 Å². The Morgan fingerprint density at radius 1 is 1.62 bits per heavy atom. The molecule has 2 aromatic rings. The maximum absolute atomic E-state index is 12.3. The number of carbonyl (C=O) groups excluding carboxylic acids is 1. The summed E-state index contributed by atoms with van der Waals surface area (Å²) in [7, 11) is 0. The molecule has 9 heteroatoms. The SMILES string of the molecule is CCOC(=O)c1c2cnc(Cl)cn2c(=O)n1CC(O)CN. The van der Waals surface area contributed by atoms with Gasteiger partial charge in [-0.3, -0.25) is 8.97 Å². The fraction of sp³-hybridized carbons (Fsp3) is 0.417. The quantitative estimate of drug-likeness (QED) is 0.729. The standard InChI is InChI=1S/C12H15ClN4O4/c1-2-21-11(19)10-8-4-15-9(13)6-16(8)12(20)17(10)5-7(18)3-14/h4,6-7,18H,2-3,5,14H2,1H3. The summed E-state index contributed by atoms with van der Waals surface area (Å²) in [5, 5.41) is 9.77. The topological polar surface area (TPSA) is 112 Å². The summed E-state index contributed by atoms with van der Waals surface area (Å²) in [5.41, 5.74) is 5.10. The molecule has 3 N–H and O–H groups in total. The van der Waals surface area contributed by atoms with Crippen molar-refractivity contribution in [1.29, 1.82) is 0 Å². The highest BCUT2D eigenvalue weighted by atomic mass is 35.5. The summed E-state index contributed by atoms with van der Waals surface area (Å²) in [5.74, 6) is -0.676. The van der Waals surface area contributed by atoms with Gasteiger partial charge in [-0.15, -0.1) is 0 Å². The lowest BCUT2D eigenvalue weighted by Crippen LogP contribution is -2.32. The van der Waals surface area contributed by atoms with E-state index >= 15 is 0 Å². The van der Waals surface area contributed by atoms with E-state index in [9.17, 15) is 14.7 Å². The van der Waals surface area contributed by atoms with E-state index in [0.29, 0.717) is 0 Å². The highest BCUT2D eigenvalue weighted by molar-refractivity contribution is 6.29. The zero-order valence-corrected chi connectivity index (χ0v) is 12.1. The lowest BCUT2D eigenvalue weighted by Gasteiger charge is -2.10. The zero-order chi connectivity index (χ0) is 15.6. The Bertz CT molecular complexity index is 724. The molecular weight excluding hydrogens is 300 g/mol. The largest absolute Gasteiger partial charge is 0.461 e. The first-order valence-corrected chi connectivity index (χ1v) is 6.69. The van der Waals surface area contributed by atoms with Gasteiger partial charge in [0, 0.05) is 6.54 Å². The molecule has 2 rings (SSSR count). The zero-order valence-electron chi connectivity index (χ0n) is 11.3. The summed E-state index contributed by atoms with van der Waals surface area (Å²) in [6, 6.07) is 0. The first-order valence-electron chi connectivity index (χ1n) is 6.31. The van der Waals surface area contributed by atoms with Gasteiger partial charge in [-0.1, -0.05) is 11.6 Å². The van der Waals surface area contributed by atoms with Crippen LogP contribution in [0.5, 0.6) is 0 Å². The Morgan fingerprint density at radius 3 is 2.95 bits per heavy atom. The molecule has 0 fully saturated rings. The van der Waals surface area contributed by atoms with Crippen molar-refractivity contribution in [1.82, 2.24) is 14.0 Å². The second kappa shape index (κ2) is 6.25. The number of esters is 1. The third-order valence-electron chi connectivity index (χ3n) is 2.89. The Morgan fingerprint density at radius 2 is 2.33 bits per heavy atom. The molecule has 8 nitrogen and oxygen atoms in total. The van der Waals surface area contributed by atoms with E-state index in [2.05, 4.69) is 4.98 Å². The van der Waals surface area contributed by atoms with Crippen LogP contribution >= 0.6 is 11.6 Å². The maximum Gasteiger partial charge on any atom is 0.357 e. The number of nitrogens with zero attached hydrogens (tertiary/aromatic N) is 3. The van der Waals surface area contributed by atoms with Gasteiger partial charge in [-0.05, 0) is 6.92 Å². The third-order valence-corrected chi connectivity index (χ3v) is 3.08. The molecule has 21 heavy (non-hydrogen) atoms. The summed E-state index contributed by atoms with van der Waals surface area (Å²) >= 11 is 5.76.